The van der Waals surface area contributed by atoms with E-state index in [9.17, 15) is 9.90 Å². The van der Waals surface area contributed by atoms with E-state index < -0.39 is 5.97 Å². The van der Waals surface area contributed by atoms with E-state index in [4.69, 9.17) is 4.74 Å². The molecule has 4 saturated carbocycles. The number of rotatable bonds is 3. The van der Waals surface area contributed by atoms with Crippen LogP contribution in [0, 0.1) is 23.7 Å². The monoisotopic (exact) mass is 274 g/mol. The molecular weight excluding hydrogens is 256 g/mol. The zero-order valence-electron chi connectivity index (χ0n) is 11.2. The van der Waals surface area contributed by atoms with E-state index in [1.807, 2.05) is 0 Å². The number of aromatic carboxylic acids is 1. The Labute approximate surface area is 117 Å². The van der Waals surface area contributed by atoms with E-state index in [1.54, 1.807) is 0 Å². The fourth-order valence-corrected chi connectivity index (χ4v) is 4.77. The first-order chi connectivity index (χ1) is 9.70. The van der Waals surface area contributed by atoms with Gasteiger partial charge in [0, 0.05) is 0 Å². The summed E-state index contributed by atoms with van der Waals surface area (Å²) < 4.78 is 6.03. The highest BCUT2D eigenvalue weighted by atomic mass is 16.5. The molecule has 4 aliphatic rings. The Hall–Kier alpha value is -1.65. The quantitative estimate of drug-likeness (QED) is 0.916. The Morgan fingerprint density at radius 1 is 1.15 bits per heavy atom. The maximum atomic E-state index is 11.2. The minimum absolute atomic E-state index is 0.119. The summed E-state index contributed by atoms with van der Waals surface area (Å²) in [5.74, 6) is 2.09. The first-order valence-electron chi connectivity index (χ1n) is 7.42. The van der Waals surface area contributed by atoms with Crippen LogP contribution in [-0.2, 0) is 0 Å². The van der Waals surface area contributed by atoms with Gasteiger partial charge in [0.25, 0.3) is 0 Å². The lowest BCUT2D eigenvalue weighted by Crippen LogP contribution is -2.50. The molecule has 0 atom stereocenters. The molecule has 0 aromatic carbocycles. The van der Waals surface area contributed by atoms with E-state index >= 15 is 0 Å². The van der Waals surface area contributed by atoms with Gasteiger partial charge in [-0.25, -0.2) is 4.79 Å². The largest absolute Gasteiger partial charge is 0.477 e. The number of hydrogen-bond donors (Lipinski definition) is 1. The molecule has 0 unspecified atom stereocenters. The summed E-state index contributed by atoms with van der Waals surface area (Å²) in [6.45, 7) is 0. The zero-order chi connectivity index (χ0) is 13.7. The van der Waals surface area contributed by atoms with Crippen molar-refractivity contribution >= 4 is 5.97 Å². The van der Waals surface area contributed by atoms with Crippen molar-refractivity contribution < 1.29 is 14.6 Å². The molecule has 5 rings (SSSR count). The Kier molecular flexibility index (Phi) is 2.69. The van der Waals surface area contributed by atoms with Crippen molar-refractivity contribution in [3.05, 3.63) is 17.8 Å². The van der Waals surface area contributed by atoms with Gasteiger partial charge in [0.15, 0.2) is 0 Å². The third-order valence-corrected chi connectivity index (χ3v) is 5.31. The summed E-state index contributed by atoms with van der Waals surface area (Å²) in [6.07, 6.45) is 7.87. The fourth-order valence-electron chi connectivity index (χ4n) is 4.77. The Morgan fingerprint density at radius 2 is 1.80 bits per heavy atom. The lowest BCUT2D eigenvalue weighted by molar-refractivity contribution is -0.0810. The smallest absolute Gasteiger partial charge is 0.341 e. The Morgan fingerprint density at radius 3 is 2.40 bits per heavy atom. The van der Waals surface area contributed by atoms with Gasteiger partial charge in [0.05, 0.1) is 6.20 Å². The van der Waals surface area contributed by atoms with Gasteiger partial charge in [-0.05, 0) is 61.8 Å². The van der Waals surface area contributed by atoms with E-state index in [0.29, 0.717) is 11.8 Å². The van der Waals surface area contributed by atoms with Crippen molar-refractivity contribution in [2.24, 2.45) is 23.7 Å². The van der Waals surface area contributed by atoms with Crippen LogP contribution in [0.5, 0.6) is 5.88 Å². The van der Waals surface area contributed by atoms with Crippen molar-refractivity contribution in [2.75, 3.05) is 0 Å². The predicted molar refractivity (Wildman–Crippen MR) is 70.5 cm³/mol. The molecule has 0 aliphatic heterocycles. The van der Waals surface area contributed by atoms with Crippen LogP contribution >= 0.6 is 0 Å². The summed E-state index contributed by atoms with van der Waals surface area (Å²) in [5, 5.41) is 16.9. The van der Waals surface area contributed by atoms with Gasteiger partial charge in [-0.15, -0.1) is 5.10 Å². The van der Waals surface area contributed by atoms with Gasteiger partial charge in [-0.2, -0.15) is 5.10 Å². The molecule has 4 bridgehead atoms. The third-order valence-electron chi connectivity index (χ3n) is 5.31. The summed E-state index contributed by atoms with van der Waals surface area (Å²) in [7, 11) is 0. The molecule has 4 fully saturated rings. The van der Waals surface area contributed by atoms with Gasteiger partial charge in [-0.3, -0.25) is 0 Å². The van der Waals surface area contributed by atoms with Gasteiger partial charge in [0.1, 0.15) is 11.7 Å². The van der Waals surface area contributed by atoms with Crippen molar-refractivity contribution in [1.82, 2.24) is 10.2 Å². The van der Waals surface area contributed by atoms with Crippen LogP contribution < -0.4 is 4.74 Å². The summed E-state index contributed by atoms with van der Waals surface area (Å²) in [4.78, 5) is 11.2. The number of aromatic nitrogens is 2. The molecule has 1 aromatic rings. The van der Waals surface area contributed by atoms with Gasteiger partial charge >= 0.3 is 5.97 Å². The molecule has 0 saturated heterocycles. The number of carboxylic acid groups (broad SMARTS) is 1. The van der Waals surface area contributed by atoms with Gasteiger partial charge in [0.2, 0.25) is 5.88 Å². The van der Waals surface area contributed by atoms with Crippen LogP contribution in [0.4, 0.5) is 0 Å². The molecular formula is C15H18N2O3. The fraction of sp³-hybridized carbons (Fsp3) is 0.667. The number of ether oxygens (including phenoxy) is 1. The average molecular weight is 274 g/mol. The number of carboxylic acids is 1. The highest BCUT2D eigenvalue weighted by molar-refractivity contribution is 5.89. The first-order valence-corrected chi connectivity index (χ1v) is 7.42. The molecule has 106 valence electrons. The summed E-state index contributed by atoms with van der Waals surface area (Å²) in [5.41, 5.74) is 0.119. The highest BCUT2D eigenvalue weighted by Gasteiger charge is 2.49. The molecule has 0 radical (unpaired) electrons. The van der Waals surface area contributed by atoms with Crippen LogP contribution in [0.3, 0.4) is 0 Å². The number of nitrogens with zero attached hydrogens (tertiary/aromatic N) is 2. The standard InChI is InChI=1S/C15H18N2O3/c18-15(19)12-1-2-16-17-14(12)20-13-10-4-8-3-9(6-10)7-11(13)5-8/h1-2,8-11,13H,3-7H2,(H,18,19). The van der Waals surface area contributed by atoms with Crippen LogP contribution in [-0.4, -0.2) is 27.4 Å². The van der Waals surface area contributed by atoms with Crippen molar-refractivity contribution in [2.45, 2.75) is 38.2 Å². The predicted octanol–water partition coefficient (Wildman–Crippen LogP) is 2.38. The molecule has 0 spiro atoms. The second-order valence-electron chi connectivity index (χ2n) is 6.57. The Balaban J connectivity index is 1.59. The van der Waals surface area contributed by atoms with E-state index in [-0.39, 0.29) is 17.5 Å². The molecule has 20 heavy (non-hydrogen) atoms. The molecule has 1 aromatic heterocycles. The van der Waals surface area contributed by atoms with Crippen LogP contribution in [0.1, 0.15) is 42.5 Å². The molecule has 5 nitrogen and oxygen atoms in total. The van der Waals surface area contributed by atoms with E-state index in [0.717, 1.165) is 11.8 Å². The molecule has 0 amide bonds. The van der Waals surface area contributed by atoms with Gasteiger partial charge < -0.3 is 9.84 Å². The maximum absolute atomic E-state index is 11.2. The molecule has 4 aliphatic carbocycles. The third kappa shape index (κ3) is 1.87. The Bertz CT molecular complexity index is 518. The topological polar surface area (TPSA) is 72.3 Å². The maximum Gasteiger partial charge on any atom is 0.341 e. The lowest BCUT2D eigenvalue weighted by Gasteiger charge is -2.53. The van der Waals surface area contributed by atoms with Crippen molar-refractivity contribution in [1.29, 1.82) is 0 Å². The molecule has 5 heteroatoms. The first kappa shape index (κ1) is 12.1. The number of hydrogen-bond acceptors (Lipinski definition) is 4. The summed E-state index contributed by atoms with van der Waals surface area (Å²) >= 11 is 0. The molecule has 1 heterocycles. The van der Waals surface area contributed by atoms with E-state index in [1.165, 1.54) is 44.4 Å². The normalized spacial score (nSPS) is 37.9. The van der Waals surface area contributed by atoms with Crippen LogP contribution in [0.25, 0.3) is 0 Å². The van der Waals surface area contributed by atoms with Crippen LogP contribution in [0.2, 0.25) is 0 Å². The zero-order valence-corrected chi connectivity index (χ0v) is 11.2. The minimum atomic E-state index is -1.00. The second-order valence-corrected chi connectivity index (χ2v) is 6.57. The van der Waals surface area contributed by atoms with Gasteiger partial charge in [-0.1, -0.05) is 0 Å². The lowest BCUT2D eigenvalue weighted by atomic mass is 9.55. The SMILES string of the molecule is O=C(O)c1ccnnc1OC1C2CC3CC(C2)CC1C3. The van der Waals surface area contributed by atoms with Crippen molar-refractivity contribution in [3.63, 3.8) is 0 Å². The van der Waals surface area contributed by atoms with Crippen molar-refractivity contribution in [3.8, 4) is 5.88 Å². The summed E-state index contributed by atoms with van der Waals surface area (Å²) in [6, 6.07) is 1.46. The van der Waals surface area contributed by atoms with Crippen LogP contribution in [0.15, 0.2) is 12.3 Å². The minimum Gasteiger partial charge on any atom is -0.477 e. The molecule has 1 N–H and O–H groups in total. The second kappa shape index (κ2) is 4.43. The number of carbonyl (C=O) groups is 1. The highest BCUT2D eigenvalue weighted by Crippen LogP contribution is 2.54. The van der Waals surface area contributed by atoms with E-state index in [2.05, 4.69) is 10.2 Å². The average Bonchev–Trinajstić information content (AvgIpc) is 2.42.